The van der Waals surface area contributed by atoms with Gasteiger partial charge in [0.15, 0.2) is 0 Å². The molecule has 0 saturated heterocycles. The van der Waals surface area contributed by atoms with Gasteiger partial charge in [-0.15, -0.1) is 0 Å². The van der Waals surface area contributed by atoms with E-state index in [1.54, 1.807) is 28.0 Å². The average molecular weight is 377 g/mol. The quantitative estimate of drug-likeness (QED) is 0.870. The minimum absolute atomic E-state index is 0.0281. The summed E-state index contributed by atoms with van der Waals surface area (Å²) in [6.45, 7) is 4.24. The summed E-state index contributed by atoms with van der Waals surface area (Å²) in [7, 11) is 0. The topological polar surface area (TPSA) is 69.7 Å². The summed E-state index contributed by atoms with van der Waals surface area (Å²) in [5.41, 5.74) is 2.63. The molecule has 6 nitrogen and oxygen atoms in total. The van der Waals surface area contributed by atoms with E-state index in [1.807, 2.05) is 44.2 Å². The molecule has 0 aliphatic carbocycles. The number of nitrogens with zero attached hydrogens (tertiary/aromatic N) is 2. The Morgan fingerprint density at radius 3 is 2.43 bits per heavy atom. The second kappa shape index (κ2) is 7.11. The van der Waals surface area contributed by atoms with Crippen LogP contribution < -0.4 is 10.2 Å². The van der Waals surface area contributed by atoms with Crippen molar-refractivity contribution in [1.29, 1.82) is 0 Å². The maximum Gasteiger partial charge on any atom is 0.260 e. The first-order valence-corrected chi connectivity index (χ1v) is 9.61. The van der Waals surface area contributed by atoms with Crippen molar-refractivity contribution in [3.8, 4) is 0 Å². The standard InChI is InChI=1S/C22H23N3O3/c1-14(2)23-19(26)12-7-13-24-20-15-8-3-4-9-16(15)22(28)25(20)18-11-6-5-10-17(18)21(24)27/h3-6,8-11,14,20H,7,12-13H2,1-2H3,(H,23,26)/t20-/m1/s1. The summed E-state index contributed by atoms with van der Waals surface area (Å²) < 4.78 is 0. The summed E-state index contributed by atoms with van der Waals surface area (Å²) in [5.74, 6) is -0.228. The van der Waals surface area contributed by atoms with Crippen LogP contribution in [0.3, 0.4) is 0 Å². The van der Waals surface area contributed by atoms with E-state index in [1.165, 1.54) is 0 Å². The van der Waals surface area contributed by atoms with E-state index < -0.39 is 6.17 Å². The van der Waals surface area contributed by atoms with Crippen LogP contribution in [0.15, 0.2) is 48.5 Å². The number of para-hydroxylation sites is 1. The van der Waals surface area contributed by atoms with Crippen molar-refractivity contribution in [2.24, 2.45) is 0 Å². The molecule has 0 spiro atoms. The molecular weight excluding hydrogens is 354 g/mol. The first-order chi connectivity index (χ1) is 13.5. The van der Waals surface area contributed by atoms with Gasteiger partial charge in [-0.25, -0.2) is 0 Å². The van der Waals surface area contributed by atoms with Crippen molar-refractivity contribution in [3.63, 3.8) is 0 Å². The fourth-order valence-electron chi connectivity index (χ4n) is 4.00. The van der Waals surface area contributed by atoms with E-state index in [4.69, 9.17) is 0 Å². The van der Waals surface area contributed by atoms with Crippen LogP contribution in [0.25, 0.3) is 0 Å². The van der Waals surface area contributed by atoms with Gasteiger partial charge in [-0.05, 0) is 38.5 Å². The van der Waals surface area contributed by atoms with Crippen molar-refractivity contribution >= 4 is 23.4 Å². The normalized spacial score (nSPS) is 17.5. The van der Waals surface area contributed by atoms with Gasteiger partial charge in [-0.1, -0.05) is 30.3 Å². The molecule has 0 aromatic heterocycles. The van der Waals surface area contributed by atoms with Gasteiger partial charge in [0, 0.05) is 30.1 Å². The molecule has 3 amide bonds. The molecule has 2 heterocycles. The molecule has 1 atom stereocenters. The van der Waals surface area contributed by atoms with Crippen molar-refractivity contribution in [1.82, 2.24) is 10.2 Å². The van der Waals surface area contributed by atoms with E-state index in [0.717, 1.165) is 5.56 Å². The summed E-state index contributed by atoms with van der Waals surface area (Å²) in [5, 5.41) is 2.87. The average Bonchev–Trinajstić information content (AvgIpc) is 2.97. The van der Waals surface area contributed by atoms with Crippen LogP contribution in [-0.2, 0) is 4.79 Å². The summed E-state index contributed by atoms with van der Waals surface area (Å²) >= 11 is 0. The Morgan fingerprint density at radius 2 is 1.68 bits per heavy atom. The minimum Gasteiger partial charge on any atom is -0.354 e. The Bertz CT molecular complexity index is 954. The lowest BCUT2D eigenvalue weighted by molar-refractivity contribution is -0.121. The molecule has 2 aromatic carbocycles. The van der Waals surface area contributed by atoms with Crippen LogP contribution >= 0.6 is 0 Å². The number of carbonyl (C=O) groups is 3. The lowest BCUT2D eigenvalue weighted by Gasteiger charge is -2.41. The van der Waals surface area contributed by atoms with Crippen molar-refractivity contribution in [2.45, 2.75) is 38.9 Å². The number of rotatable bonds is 5. The molecule has 6 heteroatoms. The lowest BCUT2D eigenvalue weighted by atomic mass is 10.0. The molecule has 0 fully saturated rings. The smallest absolute Gasteiger partial charge is 0.260 e. The van der Waals surface area contributed by atoms with Crippen molar-refractivity contribution in [2.75, 3.05) is 11.4 Å². The zero-order chi connectivity index (χ0) is 19.8. The molecule has 2 aromatic rings. The monoisotopic (exact) mass is 377 g/mol. The van der Waals surface area contributed by atoms with Crippen LogP contribution in [0.5, 0.6) is 0 Å². The highest BCUT2D eigenvalue weighted by molar-refractivity contribution is 6.16. The zero-order valence-electron chi connectivity index (χ0n) is 16.0. The maximum absolute atomic E-state index is 13.2. The Kier molecular flexibility index (Phi) is 4.63. The summed E-state index contributed by atoms with van der Waals surface area (Å²) in [6.07, 6.45) is 0.415. The molecule has 0 saturated carbocycles. The largest absolute Gasteiger partial charge is 0.354 e. The number of carbonyl (C=O) groups excluding carboxylic acids is 3. The number of hydrogen-bond acceptors (Lipinski definition) is 3. The summed E-state index contributed by atoms with van der Waals surface area (Å²) in [6, 6.07) is 14.7. The lowest BCUT2D eigenvalue weighted by Crippen LogP contribution is -2.48. The van der Waals surface area contributed by atoms with Crippen LogP contribution in [0.2, 0.25) is 0 Å². The van der Waals surface area contributed by atoms with E-state index >= 15 is 0 Å². The van der Waals surface area contributed by atoms with Crippen LogP contribution in [0.4, 0.5) is 5.69 Å². The molecule has 2 aliphatic heterocycles. The van der Waals surface area contributed by atoms with Gasteiger partial charge in [0.2, 0.25) is 5.91 Å². The predicted molar refractivity (Wildman–Crippen MR) is 106 cm³/mol. The second-order valence-electron chi connectivity index (χ2n) is 7.48. The van der Waals surface area contributed by atoms with Crippen molar-refractivity contribution < 1.29 is 14.4 Å². The minimum atomic E-state index is -0.459. The third-order valence-corrected chi connectivity index (χ3v) is 5.14. The van der Waals surface area contributed by atoms with E-state index in [2.05, 4.69) is 5.32 Å². The molecule has 0 unspecified atom stereocenters. The fourth-order valence-corrected chi connectivity index (χ4v) is 4.00. The molecule has 144 valence electrons. The van der Waals surface area contributed by atoms with E-state index in [0.29, 0.717) is 36.2 Å². The van der Waals surface area contributed by atoms with Gasteiger partial charge in [0.05, 0.1) is 11.3 Å². The molecule has 2 aliphatic rings. The van der Waals surface area contributed by atoms with E-state index in [-0.39, 0.29) is 23.8 Å². The van der Waals surface area contributed by atoms with Gasteiger partial charge < -0.3 is 10.2 Å². The van der Waals surface area contributed by atoms with Gasteiger partial charge in [0.1, 0.15) is 6.17 Å². The molecule has 4 rings (SSSR count). The first-order valence-electron chi connectivity index (χ1n) is 9.61. The molecule has 1 N–H and O–H groups in total. The Labute approximate surface area is 164 Å². The highest BCUT2D eigenvalue weighted by Gasteiger charge is 2.47. The number of fused-ring (bicyclic) bond motifs is 5. The van der Waals surface area contributed by atoms with E-state index in [9.17, 15) is 14.4 Å². The Morgan fingerprint density at radius 1 is 1.00 bits per heavy atom. The second-order valence-corrected chi connectivity index (χ2v) is 7.48. The zero-order valence-corrected chi connectivity index (χ0v) is 16.0. The summed E-state index contributed by atoms with van der Waals surface area (Å²) in [4.78, 5) is 41.7. The van der Waals surface area contributed by atoms with Gasteiger partial charge in [-0.2, -0.15) is 0 Å². The molecule has 0 radical (unpaired) electrons. The van der Waals surface area contributed by atoms with Gasteiger partial charge >= 0.3 is 0 Å². The Hall–Kier alpha value is -3.15. The predicted octanol–water partition coefficient (Wildman–Crippen LogP) is 3.11. The highest BCUT2D eigenvalue weighted by Crippen LogP contribution is 2.45. The highest BCUT2D eigenvalue weighted by atomic mass is 16.2. The van der Waals surface area contributed by atoms with Gasteiger partial charge in [-0.3, -0.25) is 19.3 Å². The molecule has 28 heavy (non-hydrogen) atoms. The number of benzene rings is 2. The third-order valence-electron chi connectivity index (χ3n) is 5.14. The van der Waals surface area contributed by atoms with Crippen molar-refractivity contribution in [3.05, 3.63) is 65.2 Å². The van der Waals surface area contributed by atoms with Gasteiger partial charge in [0.25, 0.3) is 11.8 Å². The number of anilines is 1. The van der Waals surface area contributed by atoms with Crippen LogP contribution in [0.1, 0.15) is 59.1 Å². The third kappa shape index (κ3) is 2.95. The molecule has 0 bridgehead atoms. The first kappa shape index (κ1) is 18.2. The Balaban J connectivity index is 1.65. The SMILES string of the molecule is CC(C)NC(=O)CCCN1C(=O)c2ccccc2N2C(=O)c3ccccc3[C@H]12. The number of hydrogen-bond donors (Lipinski definition) is 1. The van der Waals surface area contributed by atoms with Crippen LogP contribution in [-0.4, -0.2) is 35.2 Å². The van der Waals surface area contributed by atoms with Crippen LogP contribution in [0, 0.1) is 0 Å². The number of nitrogens with one attached hydrogen (secondary N) is 1. The molecular formula is C22H23N3O3. The maximum atomic E-state index is 13.2. The fraction of sp³-hybridized carbons (Fsp3) is 0.318. The number of amides is 3.